The molecular formula is C24H27BrO3. The number of benzene rings is 3. The average Bonchev–Trinajstić information content (AvgIpc) is 2.67. The number of halogens is 1. The van der Waals surface area contributed by atoms with Gasteiger partial charge in [-0.15, -0.1) is 0 Å². The minimum atomic E-state index is -0.616. The molecule has 28 heavy (non-hydrogen) atoms. The first-order valence-corrected chi connectivity index (χ1v) is 10.4. The molecule has 148 valence electrons. The molecular weight excluding hydrogens is 416 g/mol. The predicted molar refractivity (Wildman–Crippen MR) is 118 cm³/mol. The van der Waals surface area contributed by atoms with Gasteiger partial charge in [-0.1, -0.05) is 55.5 Å². The number of ether oxygens (including phenoxy) is 2. The van der Waals surface area contributed by atoms with E-state index in [1.165, 1.54) is 16.2 Å². The Morgan fingerprint density at radius 3 is 2.32 bits per heavy atom. The van der Waals surface area contributed by atoms with E-state index in [-0.39, 0.29) is 12.8 Å². The Kier molecular flexibility index (Phi) is 5.83. The normalized spacial score (nSPS) is 12.5. The Morgan fingerprint density at radius 2 is 1.61 bits per heavy atom. The van der Waals surface area contributed by atoms with Crippen molar-refractivity contribution in [3.8, 4) is 0 Å². The van der Waals surface area contributed by atoms with E-state index in [9.17, 15) is 4.79 Å². The van der Waals surface area contributed by atoms with Gasteiger partial charge in [0.2, 0.25) is 0 Å². The SMILES string of the molecule is CCC(C)(C)C(=O)OCOC(C)(C)c1ccc2c(ccc3ccccc32)c1Br. The van der Waals surface area contributed by atoms with Crippen molar-refractivity contribution in [1.29, 1.82) is 0 Å². The number of carbonyl (C=O) groups is 1. The second-order valence-corrected chi connectivity index (χ2v) is 9.04. The zero-order valence-electron chi connectivity index (χ0n) is 17.1. The molecule has 0 aliphatic heterocycles. The van der Waals surface area contributed by atoms with Gasteiger partial charge in [0, 0.05) is 4.47 Å². The van der Waals surface area contributed by atoms with Gasteiger partial charge in [-0.2, -0.15) is 0 Å². The molecule has 0 saturated heterocycles. The molecule has 0 fully saturated rings. The van der Waals surface area contributed by atoms with Gasteiger partial charge >= 0.3 is 5.97 Å². The van der Waals surface area contributed by atoms with Crippen molar-refractivity contribution in [3.63, 3.8) is 0 Å². The molecule has 0 unspecified atom stereocenters. The van der Waals surface area contributed by atoms with Gasteiger partial charge in [-0.3, -0.25) is 4.79 Å². The zero-order valence-corrected chi connectivity index (χ0v) is 18.7. The second-order valence-electron chi connectivity index (χ2n) is 8.25. The fraction of sp³-hybridized carbons (Fsp3) is 0.375. The molecule has 3 aromatic carbocycles. The summed E-state index contributed by atoms with van der Waals surface area (Å²) in [6, 6.07) is 16.8. The summed E-state index contributed by atoms with van der Waals surface area (Å²) in [6.07, 6.45) is 0.722. The maximum atomic E-state index is 12.2. The van der Waals surface area contributed by atoms with Gasteiger partial charge < -0.3 is 9.47 Å². The Balaban J connectivity index is 1.86. The minimum Gasteiger partial charge on any atom is -0.438 e. The molecule has 0 bridgehead atoms. The van der Waals surface area contributed by atoms with Crippen LogP contribution in [0, 0.1) is 5.41 Å². The topological polar surface area (TPSA) is 35.5 Å². The number of esters is 1. The average molecular weight is 443 g/mol. The van der Waals surface area contributed by atoms with Crippen LogP contribution in [0.5, 0.6) is 0 Å². The lowest BCUT2D eigenvalue weighted by Gasteiger charge is -2.28. The maximum Gasteiger partial charge on any atom is 0.313 e. The van der Waals surface area contributed by atoms with Gasteiger partial charge in [-0.05, 0) is 77.2 Å². The fourth-order valence-corrected chi connectivity index (χ4v) is 4.12. The number of rotatable bonds is 6. The summed E-state index contributed by atoms with van der Waals surface area (Å²) in [7, 11) is 0. The van der Waals surface area contributed by atoms with E-state index < -0.39 is 11.0 Å². The maximum absolute atomic E-state index is 12.2. The molecule has 0 aliphatic carbocycles. The molecule has 3 aromatic rings. The van der Waals surface area contributed by atoms with Gasteiger partial charge in [0.1, 0.15) is 0 Å². The lowest BCUT2D eigenvalue weighted by molar-refractivity contribution is -0.179. The Morgan fingerprint density at radius 1 is 0.929 bits per heavy atom. The lowest BCUT2D eigenvalue weighted by Crippen LogP contribution is -2.30. The van der Waals surface area contributed by atoms with E-state index in [0.29, 0.717) is 0 Å². The molecule has 0 radical (unpaired) electrons. The molecule has 0 spiro atoms. The third-order valence-corrected chi connectivity index (χ3v) is 6.41. The van der Waals surface area contributed by atoms with Gasteiger partial charge in [0.05, 0.1) is 11.0 Å². The Labute approximate surface area is 175 Å². The first-order valence-electron chi connectivity index (χ1n) is 9.59. The number of fused-ring (bicyclic) bond motifs is 3. The third kappa shape index (κ3) is 3.94. The van der Waals surface area contributed by atoms with Crippen molar-refractivity contribution in [2.75, 3.05) is 6.79 Å². The highest BCUT2D eigenvalue weighted by molar-refractivity contribution is 9.10. The summed E-state index contributed by atoms with van der Waals surface area (Å²) >= 11 is 3.78. The van der Waals surface area contributed by atoms with Crippen LogP contribution in [0.25, 0.3) is 21.5 Å². The molecule has 0 heterocycles. The summed E-state index contributed by atoms with van der Waals surface area (Å²) in [5.74, 6) is -0.241. The van der Waals surface area contributed by atoms with Crippen LogP contribution < -0.4 is 0 Å². The van der Waals surface area contributed by atoms with Crippen molar-refractivity contribution in [2.24, 2.45) is 5.41 Å². The highest BCUT2D eigenvalue weighted by Gasteiger charge is 2.29. The van der Waals surface area contributed by atoms with Crippen LogP contribution in [0.4, 0.5) is 0 Å². The first kappa shape index (κ1) is 20.8. The lowest BCUT2D eigenvalue weighted by atomic mass is 9.91. The highest BCUT2D eigenvalue weighted by Crippen LogP contribution is 2.38. The monoisotopic (exact) mass is 442 g/mol. The van der Waals surface area contributed by atoms with Crippen LogP contribution in [0.1, 0.15) is 46.6 Å². The summed E-state index contributed by atoms with van der Waals surface area (Å²) in [4.78, 5) is 12.2. The van der Waals surface area contributed by atoms with Crippen LogP contribution in [0.15, 0.2) is 53.0 Å². The second kappa shape index (κ2) is 7.84. The summed E-state index contributed by atoms with van der Waals surface area (Å²) in [5.41, 5.74) is -0.103. The molecule has 3 rings (SSSR count). The van der Waals surface area contributed by atoms with Crippen molar-refractivity contribution in [1.82, 2.24) is 0 Å². The van der Waals surface area contributed by atoms with E-state index in [2.05, 4.69) is 64.5 Å². The van der Waals surface area contributed by atoms with Crippen molar-refractivity contribution >= 4 is 43.4 Å². The van der Waals surface area contributed by atoms with E-state index >= 15 is 0 Å². The Bertz CT molecular complexity index is 1020. The zero-order chi connectivity index (χ0) is 20.5. The van der Waals surface area contributed by atoms with Crippen LogP contribution in [-0.4, -0.2) is 12.8 Å². The van der Waals surface area contributed by atoms with E-state index in [1.54, 1.807) is 0 Å². The van der Waals surface area contributed by atoms with Crippen LogP contribution in [0.2, 0.25) is 0 Å². The molecule has 0 atom stereocenters. The van der Waals surface area contributed by atoms with E-state index in [1.807, 2.05) is 34.6 Å². The third-order valence-electron chi connectivity index (χ3n) is 5.56. The molecule has 0 saturated carbocycles. The first-order chi connectivity index (χ1) is 13.2. The van der Waals surface area contributed by atoms with Gasteiger partial charge in [0.15, 0.2) is 6.79 Å². The minimum absolute atomic E-state index is 0.0720. The standard InChI is InChI=1S/C24H27BrO3/c1-6-23(2,3)22(26)27-15-28-24(4,5)20-14-13-18-17-10-8-7-9-16(17)11-12-19(18)21(20)25/h7-14H,6,15H2,1-5H3. The van der Waals surface area contributed by atoms with Crippen molar-refractivity contribution in [3.05, 3.63) is 58.6 Å². The van der Waals surface area contributed by atoms with Crippen molar-refractivity contribution < 1.29 is 14.3 Å². The van der Waals surface area contributed by atoms with Crippen LogP contribution in [0.3, 0.4) is 0 Å². The predicted octanol–water partition coefficient (Wildman–Crippen LogP) is 6.94. The fourth-order valence-electron chi connectivity index (χ4n) is 3.16. The van der Waals surface area contributed by atoms with Gasteiger partial charge in [-0.25, -0.2) is 0 Å². The molecule has 4 heteroatoms. The number of carbonyl (C=O) groups excluding carboxylic acids is 1. The summed E-state index contributed by atoms with van der Waals surface area (Å²) in [5, 5.41) is 4.77. The molecule has 0 amide bonds. The molecule has 3 nitrogen and oxygen atoms in total. The van der Waals surface area contributed by atoms with Crippen molar-refractivity contribution in [2.45, 2.75) is 46.6 Å². The van der Waals surface area contributed by atoms with E-state index in [0.717, 1.165) is 21.8 Å². The smallest absolute Gasteiger partial charge is 0.313 e. The highest BCUT2D eigenvalue weighted by atomic mass is 79.9. The van der Waals surface area contributed by atoms with E-state index in [4.69, 9.17) is 9.47 Å². The van der Waals surface area contributed by atoms with Gasteiger partial charge in [0.25, 0.3) is 0 Å². The molecule has 0 N–H and O–H groups in total. The summed E-state index contributed by atoms with van der Waals surface area (Å²) < 4.78 is 12.3. The molecule has 0 aromatic heterocycles. The molecule has 0 aliphatic rings. The largest absolute Gasteiger partial charge is 0.438 e. The number of hydrogen-bond acceptors (Lipinski definition) is 3. The summed E-state index contributed by atoms with van der Waals surface area (Å²) in [6.45, 7) is 9.63. The van der Waals surface area contributed by atoms with Crippen LogP contribution in [-0.2, 0) is 19.9 Å². The van der Waals surface area contributed by atoms with Crippen LogP contribution >= 0.6 is 15.9 Å². The number of hydrogen-bond donors (Lipinski definition) is 0. The Hall–Kier alpha value is -1.91. The quantitative estimate of drug-likeness (QED) is 0.235.